The van der Waals surface area contributed by atoms with Crippen molar-refractivity contribution in [2.45, 2.75) is 32.4 Å². The SMILES string of the molecule is CCOc1cc(CNC2CC2)cc(Cl)c1OC. The van der Waals surface area contributed by atoms with Crippen molar-refractivity contribution in [1.82, 2.24) is 5.32 Å². The highest BCUT2D eigenvalue weighted by molar-refractivity contribution is 6.32. The molecule has 0 spiro atoms. The molecule has 4 heteroatoms. The number of halogens is 1. The van der Waals surface area contributed by atoms with Crippen molar-refractivity contribution in [2.24, 2.45) is 0 Å². The molecule has 1 saturated carbocycles. The number of rotatable bonds is 6. The van der Waals surface area contributed by atoms with Gasteiger partial charge in [0.1, 0.15) is 0 Å². The highest BCUT2D eigenvalue weighted by Crippen LogP contribution is 2.36. The van der Waals surface area contributed by atoms with Crippen molar-refractivity contribution in [3.05, 3.63) is 22.7 Å². The van der Waals surface area contributed by atoms with E-state index in [4.69, 9.17) is 21.1 Å². The third-order valence-corrected chi connectivity index (χ3v) is 3.03. The number of hydrogen-bond donors (Lipinski definition) is 1. The van der Waals surface area contributed by atoms with Gasteiger partial charge >= 0.3 is 0 Å². The van der Waals surface area contributed by atoms with Crippen LogP contribution in [0.1, 0.15) is 25.3 Å². The summed E-state index contributed by atoms with van der Waals surface area (Å²) >= 11 is 6.17. The van der Waals surface area contributed by atoms with Crippen molar-refractivity contribution in [3.8, 4) is 11.5 Å². The van der Waals surface area contributed by atoms with Gasteiger partial charge in [-0.2, -0.15) is 0 Å². The van der Waals surface area contributed by atoms with Crippen molar-refractivity contribution < 1.29 is 9.47 Å². The van der Waals surface area contributed by atoms with E-state index in [0.717, 1.165) is 17.9 Å². The lowest BCUT2D eigenvalue weighted by Gasteiger charge is -2.13. The van der Waals surface area contributed by atoms with Crippen LogP contribution in [0.4, 0.5) is 0 Å². The van der Waals surface area contributed by atoms with E-state index >= 15 is 0 Å². The summed E-state index contributed by atoms with van der Waals surface area (Å²) in [6.45, 7) is 3.38. The summed E-state index contributed by atoms with van der Waals surface area (Å²) in [6, 6.07) is 4.61. The second kappa shape index (κ2) is 5.61. The molecule has 1 aromatic rings. The molecule has 1 aliphatic rings. The maximum absolute atomic E-state index is 6.17. The van der Waals surface area contributed by atoms with Crippen LogP contribution in [0.25, 0.3) is 0 Å². The maximum Gasteiger partial charge on any atom is 0.179 e. The molecule has 1 N–H and O–H groups in total. The van der Waals surface area contributed by atoms with Crippen molar-refractivity contribution in [2.75, 3.05) is 13.7 Å². The molecule has 1 aromatic carbocycles. The molecule has 0 heterocycles. The smallest absolute Gasteiger partial charge is 0.179 e. The Morgan fingerprint density at radius 1 is 1.41 bits per heavy atom. The van der Waals surface area contributed by atoms with Gasteiger partial charge in [-0.1, -0.05) is 11.6 Å². The fourth-order valence-corrected chi connectivity index (χ4v) is 2.04. The van der Waals surface area contributed by atoms with Gasteiger partial charge in [0.15, 0.2) is 11.5 Å². The molecule has 17 heavy (non-hydrogen) atoms. The maximum atomic E-state index is 6.17. The van der Waals surface area contributed by atoms with E-state index in [-0.39, 0.29) is 0 Å². The van der Waals surface area contributed by atoms with Gasteiger partial charge in [0.2, 0.25) is 0 Å². The zero-order valence-corrected chi connectivity index (χ0v) is 11.0. The normalized spacial score (nSPS) is 14.8. The summed E-state index contributed by atoms with van der Waals surface area (Å²) in [7, 11) is 1.60. The Kier molecular flexibility index (Phi) is 4.13. The minimum atomic E-state index is 0.603. The monoisotopic (exact) mass is 255 g/mol. The number of hydrogen-bond acceptors (Lipinski definition) is 3. The van der Waals surface area contributed by atoms with E-state index in [1.54, 1.807) is 7.11 Å². The molecule has 0 atom stereocenters. The van der Waals surface area contributed by atoms with Crippen LogP contribution in [-0.4, -0.2) is 19.8 Å². The summed E-state index contributed by atoms with van der Waals surface area (Å²) in [6.07, 6.45) is 2.56. The number of methoxy groups -OCH3 is 1. The molecule has 0 unspecified atom stereocenters. The number of nitrogens with one attached hydrogen (secondary N) is 1. The van der Waals surface area contributed by atoms with Crippen LogP contribution in [0, 0.1) is 0 Å². The molecule has 0 saturated heterocycles. The van der Waals surface area contributed by atoms with Crippen LogP contribution >= 0.6 is 11.6 Å². The lowest BCUT2D eigenvalue weighted by atomic mass is 10.2. The largest absolute Gasteiger partial charge is 0.491 e. The lowest BCUT2D eigenvalue weighted by molar-refractivity contribution is 0.310. The van der Waals surface area contributed by atoms with Gasteiger partial charge in [0, 0.05) is 12.6 Å². The van der Waals surface area contributed by atoms with E-state index in [9.17, 15) is 0 Å². The second-order valence-corrected chi connectivity index (χ2v) is 4.60. The fourth-order valence-electron chi connectivity index (χ4n) is 1.73. The molecule has 0 amide bonds. The van der Waals surface area contributed by atoms with Crippen LogP contribution < -0.4 is 14.8 Å². The average Bonchev–Trinajstić information content (AvgIpc) is 3.10. The summed E-state index contributed by atoms with van der Waals surface area (Å²) in [5.41, 5.74) is 1.13. The van der Waals surface area contributed by atoms with E-state index in [1.807, 2.05) is 19.1 Å². The Labute approximate surface area is 107 Å². The van der Waals surface area contributed by atoms with Gasteiger partial charge in [-0.3, -0.25) is 0 Å². The molecule has 94 valence electrons. The standard InChI is InChI=1S/C13H18ClNO2/c1-3-17-12-7-9(8-15-10-4-5-10)6-11(14)13(12)16-2/h6-7,10,15H,3-5,8H2,1-2H3. The van der Waals surface area contributed by atoms with E-state index in [0.29, 0.717) is 23.4 Å². The van der Waals surface area contributed by atoms with Gasteiger partial charge in [-0.25, -0.2) is 0 Å². The van der Waals surface area contributed by atoms with Gasteiger partial charge in [-0.15, -0.1) is 0 Å². The quantitative estimate of drug-likeness (QED) is 0.848. The predicted molar refractivity (Wildman–Crippen MR) is 69.0 cm³/mol. The van der Waals surface area contributed by atoms with Crippen LogP contribution in [-0.2, 0) is 6.54 Å². The zero-order valence-electron chi connectivity index (χ0n) is 10.3. The van der Waals surface area contributed by atoms with Crippen LogP contribution in [0.3, 0.4) is 0 Å². The van der Waals surface area contributed by atoms with Crippen molar-refractivity contribution in [1.29, 1.82) is 0 Å². The highest BCUT2D eigenvalue weighted by atomic mass is 35.5. The molecule has 2 rings (SSSR count). The summed E-state index contributed by atoms with van der Waals surface area (Å²) < 4.78 is 10.8. The number of benzene rings is 1. The predicted octanol–water partition coefficient (Wildman–Crippen LogP) is 3.00. The van der Waals surface area contributed by atoms with E-state index in [1.165, 1.54) is 12.8 Å². The molecule has 0 aromatic heterocycles. The fraction of sp³-hybridized carbons (Fsp3) is 0.538. The minimum absolute atomic E-state index is 0.603. The molecular formula is C13H18ClNO2. The zero-order chi connectivity index (χ0) is 12.3. The van der Waals surface area contributed by atoms with Crippen molar-refractivity contribution in [3.63, 3.8) is 0 Å². The Hall–Kier alpha value is -0.930. The Balaban J connectivity index is 2.14. The molecule has 1 aliphatic carbocycles. The highest BCUT2D eigenvalue weighted by Gasteiger charge is 2.20. The summed E-state index contributed by atoms with van der Waals surface area (Å²) in [5, 5.41) is 4.05. The van der Waals surface area contributed by atoms with E-state index in [2.05, 4.69) is 5.32 Å². The minimum Gasteiger partial charge on any atom is -0.491 e. The number of ether oxygens (including phenoxy) is 2. The molecule has 0 radical (unpaired) electrons. The lowest BCUT2D eigenvalue weighted by Crippen LogP contribution is -2.15. The Bertz CT molecular complexity index is 391. The van der Waals surface area contributed by atoms with Crippen LogP contribution in [0.2, 0.25) is 5.02 Å². The third-order valence-electron chi connectivity index (χ3n) is 2.75. The van der Waals surface area contributed by atoms with Gasteiger partial charge < -0.3 is 14.8 Å². The van der Waals surface area contributed by atoms with Crippen LogP contribution in [0.5, 0.6) is 11.5 Å². The first kappa shape index (κ1) is 12.5. The first-order valence-electron chi connectivity index (χ1n) is 5.97. The van der Waals surface area contributed by atoms with Gasteiger partial charge in [0.25, 0.3) is 0 Å². The van der Waals surface area contributed by atoms with Crippen LogP contribution in [0.15, 0.2) is 12.1 Å². The molecule has 1 fully saturated rings. The first-order valence-corrected chi connectivity index (χ1v) is 6.35. The third kappa shape index (κ3) is 3.27. The molecule has 3 nitrogen and oxygen atoms in total. The van der Waals surface area contributed by atoms with E-state index < -0.39 is 0 Å². The molecule has 0 bridgehead atoms. The first-order chi connectivity index (χ1) is 8.24. The summed E-state index contributed by atoms with van der Waals surface area (Å²) in [5.74, 6) is 1.33. The Morgan fingerprint density at radius 3 is 2.76 bits per heavy atom. The molecule has 0 aliphatic heterocycles. The topological polar surface area (TPSA) is 30.5 Å². The van der Waals surface area contributed by atoms with Gasteiger partial charge in [-0.05, 0) is 37.5 Å². The van der Waals surface area contributed by atoms with Crippen molar-refractivity contribution >= 4 is 11.6 Å². The summed E-state index contributed by atoms with van der Waals surface area (Å²) in [4.78, 5) is 0. The Morgan fingerprint density at radius 2 is 2.18 bits per heavy atom. The van der Waals surface area contributed by atoms with Gasteiger partial charge in [0.05, 0.1) is 18.7 Å². The second-order valence-electron chi connectivity index (χ2n) is 4.20. The molecular weight excluding hydrogens is 238 g/mol. The average molecular weight is 256 g/mol.